The fourth-order valence-electron chi connectivity index (χ4n) is 4.77. The zero-order chi connectivity index (χ0) is 30.2. The molecule has 0 saturated carbocycles. The quantitative estimate of drug-likeness (QED) is 0.144. The number of allylic oxidation sites excluding steroid dienone is 4. The first-order valence-electron chi connectivity index (χ1n) is 13.8. The average molecular weight is 630 g/mol. The van der Waals surface area contributed by atoms with Gasteiger partial charge in [0.25, 0.3) is 0 Å². The van der Waals surface area contributed by atoms with Gasteiger partial charge in [-0.1, -0.05) is 24.8 Å². The van der Waals surface area contributed by atoms with Crippen molar-refractivity contribution in [3.63, 3.8) is 0 Å². The number of thiophene rings is 2. The van der Waals surface area contributed by atoms with Gasteiger partial charge < -0.3 is 4.90 Å². The van der Waals surface area contributed by atoms with Crippen LogP contribution in [-0.2, 0) is 0 Å². The minimum absolute atomic E-state index is 1.03. The van der Waals surface area contributed by atoms with Gasteiger partial charge in [-0.15, -0.1) is 46.2 Å². The van der Waals surface area contributed by atoms with Crippen LogP contribution >= 0.6 is 46.2 Å². The summed E-state index contributed by atoms with van der Waals surface area (Å²) in [4.78, 5) is 9.53. The molecule has 0 spiro atoms. The van der Waals surface area contributed by atoms with Crippen molar-refractivity contribution >= 4 is 78.9 Å². The molecule has 4 aromatic rings. The molecule has 0 aliphatic heterocycles. The largest absolute Gasteiger partial charge is 0.311 e. The number of thioether (sulfide) groups is 2. The Morgan fingerprint density at radius 1 is 0.571 bits per heavy atom. The van der Waals surface area contributed by atoms with Crippen LogP contribution in [0.2, 0.25) is 0 Å². The molecular formula is C35H39N3S4. The molecule has 0 aliphatic carbocycles. The lowest BCUT2D eigenvalue weighted by molar-refractivity contribution is 1.19. The highest BCUT2D eigenvalue weighted by molar-refractivity contribution is 8.02. The molecule has 2 aromatic heterocycles. The second-order valence-corrected chi connectivity index (χ2v) is 13.6. The maximum atomic E-state index is 4.13. The lowest BCUT2D eigenvalue weighted by Gasteiger charge is -2.29. The van der Waals surface area contributed by atoms with Crippen molar-refractivity contribution in [3.05, 3.63) is 129 Å². The summed E-state index contributed by atoms with van der Waals surface area (Å²) in [5, 5.41) is 4.83. The highest BCUT2D eigenvalue weighted by Crippen LogP contribution is 2.42. The summed E-state index contributed by atoms with van der Waals surface area (Å²) in [6, 6.07) is 26.4. The molecule has 218 valence electrons. The monoisotopic (exact) mass is 629 g/mol. The van der Waals surface area contributed by atoms with Gasteiger partial charge in [-0.05, 0) is 126 Å². The minimum atomic E-state index is 1.03. The Bertz CT molecular complexity index is 1470. The zero-order valence-corrected chi connectivity index (χ0v) is 28.7. The molecule has 0 N–H and O–H groups in total. The van der Waals surface area contributed by atoms with E-state index in [2.05, 4.69) is 159 Å². The molecule has 7 heteroatoms. The van der Waals surface area contributed by atoms with Crippen LogP contribution in [0.1, 0.15) is 30.5 Å². The van der Waals surface area contributed by atoms with E-state index in [1.165, 1.54) is 29.8 Å². The van der Waals surface area contributed by atoms with E-state index >= 15 is 0 Å². The molecule has 3 nitrogen and oxygen atoms in total. The van der Waals surface area contributed by atoms with E-state index in [1.54, 1.807) is 23.5 Å². The van der Waals surface area contributed by atoms with Crippen LogP contribution in [0.4, 0.5) is 32.8 Å². The number of hydrogen-bond acceptors (Lipinski definition) is 7. The van der Waals surface area contributed by atoms with E-state index in [-0.39, 0.29) is 0 Å². The Morgan fingerprint density at radius 2 is 0.929 bits per heavy atom. The minimum Gasteiger partial charge on any atom is -0.311 e. The number of benzene rings is 2. The summed E-state index contributed by atoms with van der Waals surface area (Å²) in [6.07, 6.45) is 12.6. The van der Waals surface area contributed by atoms with Crippen LogP contribution in [-0.4, -0.2) is 12.5 Å². The van der Waals surface area contributed by atoms with E-state index < -0.39 is 0 Å². The van der Waals surface area contributed by atoms with Gasteiger partial charge in [0, 0.05) is 38.2 Å². The highest BCUT2D eigenvalue weighted by atomic mass is 32.2. The molecule has 0 bridgehead atoms. The Kier molecular flexibility index (Phi) is 11.3. The molecule has 0 saturated heterocycles. The number of rotatable bonds is 12. The van der Waals surface area contributed by atoms with Gasteiger partial charge in [0.15, 0.2) is 0 Å². The van der Waals surface area contributed by atoms with E-state index in [4.69, 9.17) is 0 Å². The Morgan fingerprint density at radius 3 is 1.17 bits per heavy atom. The first kappa shape index (κ1) is 31.8. The summed E-state index contributed by atoms with van der Waals surface area (Å²) in [6.45, 7) is 14.7. The molecule has 0 fully saturated rings. The fourth-order valence-corrected chi connectivity index (χ4v) is 7.93. The van der Waals surface area contributed by atoms with Crippen molar-refractivity contribution in [3.8, 4) is 0 Å². The summed E-state index contributed by atoms with van der Waals surface area (Å²) in [5.74, 6) is 0. The van der Waals surface area contributed by atoms with Gasteiger partial charge in [-0.3, -0.25) is 9.80 Å². The second kappa shape index (κ2) is 14.9. The predicted molar refractivity (Wildman–Crippen MR) is 196 cm³/mol. The number of hydrogen-bond donors (Lipinski definition) is 0. The van der Waals surface area contributed by atoms with Crippen molar-refractivity contribution in [1.82, 2.24) is 0 Å². The van der Waals surface area contributed by atoms with Crippen LogP contribution in [0.25, 0.3) is 0 Å². The summed E-state index contributed by atoms with van der Waals surface area (Å²) >= 11 is 7.13. The molecule has 42 heavy (non-hydrogen) atoms. The molecule has 4 rings (SSSR count). The topological polar surface area (TPSA) is 9.72 Å². The number of aryl methyl sites for hydroxylation is 2. The third-order valence-electron chi connectivity index (χ3n) is 6.74. The van der Waals surface area contributed by atoms with Crippen molar-refractivity contribution in [2.24, 2.45) is 0 Å². The summed E-state index contributed by atoms with van der Waals surface area (Å²) in [7, 11) is 0. The van der Waals surface area contributed by atoms with Gasteiger partial charge in [0.2, 0.25) is 0 Å². The molecule has 0 radical (unpaired) electrons. The summed E-state index contributed by atoms with van der Waals surface area (Å²) < 4.78 is 0. The number of anilines is 6. The van der Waals surface area contributed by atoms with Crippen LogP contribution in [0, 0.1) is 13.8 Å². The van der Waals surface area contributed by atoms with Crippen LogP contribution in [0.5, 0.6) is 0 Å². The second-order valence-electron chi connectivity index (χ2n) is 9.39. The van der Waals surface area contributed by atoms with E-state index in [0.717, 1.165) is 28.4 Å². The van der Waals surface area contributed by atoms with E-state index in [1.807, 2.05) is 28.7 Å². The third-order valence-corrected chi connectivity index (χ3v) is 10.4. The fraction of sp³-hybridized carbons (Fsp3) is 0.200. The zero-order valence-electron chi connectivity index (χ0n) is 25.4. The van der Waals surface area contributed by atoms with Gasteiger partial charge in [-0.2, -0.15) is 0 Å². The lowest BCUT2D eigenvalue weighted by atomic mass is 10.1. The SMILES string of the molecule is C=CC(=CC)N(c1ccc(N(C(=CC)SC)c2ccc(C)s2)cc1)c1ccc(N(C(=CC)SC)c2ccc(C)s2)cc1. The Balaban J connectivity index is 1.73. The van der Waals surface area contributed by atoms with Crippen molar-refractivity contribution in [1.29, 1.82) is 0 Å². The highest BCUT2D eigenvalue weighted by Gasteiger charge is 2.19. The van der Waals surface area contributed by atoms with Crippen molar-refractivity contribution in [2.45, 2.75) is 34.6 Å². The molecule has 2 aromatic carbocycles. The van der Waals surface area contributed by atoms with Gasteiger partial charge in [0.1, 0.15) is 10.0 Å². The molecule has 0 aliphatic rings. The Hall–Kier alpha value is -3.10. The molecule has 0 atom stereocenters. The van der Waals surface area contributed by atoms with Gasteiger partial charge in [-0.25, -0.2) is 0 Å². The maximum absolute atomic E-state index is 4.13. The normalized spacial score (nSPS) is 12.4. The first-order valence-corrected chi connectivity index (χ1v) is 17.9. The third kappa shape index (κ3) is 6.92. The van der Waals surface area contributed by atoms with Crippen molar-refractivity contribution in [2.75, 3.05) is 27.2 Å². The van der Waals surface area contributed by atoms with Crippen LogP contribution in [0.15, 0.2) is 119 Å². The molecule has 0 amide bonds. The Labute approximate surface area is 268 Å². The average Bonchev–Trinajstić information content (AvgIpc) is 3.65. The van der Waals surface area contributed by atoms with Crippen LogP contribution in [0.3, 0.4) is 0 Å². The van der Waals surface area contributed by atoms with Gasteiger partial charge >= 0.3 is 0 Å². The van der Waals surface area contributed by atoms with E-state index in [0.29, 0.717) is 0 Å². The lowest BCUT2D eigenvalue weighted by Crippen LogP contribution is -2.17. The van der Waals surface area contributed by atoms with Crippen LogP contribution < -0.4 is 14.7 Å². The number of nitrogens with zero attached hydrogens (tertiary/aromatic N) is 3. The van der Waals surface area contributed by atoms with Gasteiger partial charge in [0.05, 0.1) is 10.1 Å². The molecular weight excluding hydrogens is 591 g/mol. The van der Waals surface area contributed by atoms with Crippen molar-refractivity contribution < 1.29 is 0 Å². The molecule has 2 heterocycles. The predicted octanol–water partition coefficient (Wildman–Crippen LogP) is 12.4. The maximum Gasteiger partial charge on any atom is 0.101 e. The first-order chi connectivity index (χ1) is 20.4. The molecule has 0 unspecified atom stereocenters. The summed E-state index contributed by atoms with van der Waals surface area (Å²) in [5.41, 5.74) is 5.46. The standard InChI is InChI=1S/C35H39N3S4/c1-9-27(10-2)36(28-15-19-30(20-16-28)37(32(11-3)39-7)34-23-13-25(5)41-34)29-17-21-31(22-18-29)38(33(12-4)40-8)35-24-14-26(6)42-35/h9-24H,1H2,2-8H3. The smallest absolute Gasteiger partial charge is 0.101 e. The van der Waals surface area contributed by atoms with E-state index in [9.17, 15) is 0 Å².